The van der Waals surface area contributed by atoms with Crippen LogP contribution in [0.3, 0.4) is 0 Å². The zero-order valence-corrected chi connectivity index (χ0v) is 10.1. The zero-order chi connectivity index (χ0) is 12.2. The van der Waals surface area contributed by atoms with Crippen molar-refractivity contribution < 1.29 is 9.59 Å². The minimum absolute atomic E-state index is 0.0164. The smallest absolute Gasteiger partial charge is 0.248 e. The Kier molecular flexibility index (Phi) is 4.10. The monoisotopic (exact) mass is 224 g/mol. The van der Waals surface area contributed by atoms with Crippen molar-refractivity contribution in [3.05, 3.63) is 12.7 Å². The summed E-state index contributed by atoms with van der Waals surface area (Å²) < 4.78 is 0. The van der Waals surface area contributed by atoms with Gasteiger partial charge in [-0.05, 0) is 19.8 Å². The summed E-state index contributed by atoms with van der Waals surface area (Å²) in [7, 11) is 0. The zero-order valence-electron chi connectivity index (χ0n) is 10.1. The summed E-state index contributed by atoms with van der Waals surface area (Å²) in [5, 5.41) is 2.81. The number of rotatable bonds is 4. The van der Waals surface area contributed by atoms with Crippen molar-refractivity contribution in [1.82, 2.24) is 10.2 Å². The highest BCUT2D eigenvalue weighted by Crippen LogP contribution is 2.17. The number of hydrogen-bond acceptors (Lipinski definition) is 2. The molecule has 0 saturated carbocycles. The highest BCUT2D eigenvalue weighted by Gasteiger charge is 2.38. The summed E-state index contributed by atoms with van der Waals surface area (Å²) in [6, 6.07) is 0. The van der Waals surface area contributed by atoms with Crippen LogP contribution in [0, 0.1) is 0 Å². The van der Waals surface area contributed by atoms with Crippen LogP contribution in [0.25, 0.3) is 0 Å². The van der Waals surface area contributed by atoms with Gasteiger partial charge in [-0.1, -0.05) is 13.0 Å². The molecule has 1 fully saturated rings. The van der Waals surface area contributed by atoms with Gasteiger partial charge in [0, 0.05) is 19.5 Å². The molecule has 0 aromatic rings. The molecule has 0 radical (unpaired) electrons. The summed E-state index contributed by atoms with van der Waals surface area (Å²) in [5.41, 5.74) is -0.741. The van der Waals surface area contributed by atoms with Crippen molar-refractivity contribution in [2.75, 3.05) is 13.1 Å². The molecule has 1 N–H and O–H groups in total. The average Bonchev–Trinajstić information content (AvgIpc) is 2.37. The lowest BCUT2D eigenvalue weighted by molar-refractivity contribution is -0.138. The first-order valence-electron chi connectivity index (χ1n) is 5.75. The third-order valence-corrected chi connectivity index (χ3v) is 3.09. The maximum Gasteiger partial charge on any atom is 0.248 e. The highest BCUT2D eigenvalue weighted by molar-refractivity contribution is 5.93. The van der Waals surface area contributed by atoms with Crippen LogP contribution in [0.5, 0.6) is 0 Å². The first kappa shape index (κ1) is 12.7. The van der Waals surface area contributed by atoms with Gasteiger partial charge in [-0.3, -0.25) is 9.59 Å². The molecule has 90 valence electrons. The van der Waals surface area contributed by atoms with Gasteiger partial charge in [0.15, 0.2) is 0 Å². The molecule has 2 amide bonds. The Balaban J connectivity index is 2.83. The average molecular weight is 224 g/mol. The van der Waals surface area contributed by atoms with E-state index in [1.165, 1.54) is 0 Å². The number of carbonyl (C=O) groups excluding carboxylic acids is 2. The van der Waals surface area contributed by atoms with E-state index in [0.717, 1.165) is 6.42 Å². The van der Waals surface area contributed by atoms with E-state index in [1.807, 2.05) is 6.92 Å². The molecule has 1 saturated heterocycles. The summed E-state index contributed by atoms with van der Waals surface area (Å²) in [6.07, 6.45) is 3.55. The third-order valence-electron chi connectivity index (χ3n) is 3.09. The second kappa shape index (κ2) is 5.14. The molecule has 1 aliphatic heterocycles. The normalized spacial score (nSPS) is 26.2. The Morgan fingerprint density at radius 3 is 2.81 bits per heavy atom. The van der Waals surface area contributed by atoms with Crippen LogP contribution in [0.15, 0.2) is 12.7 Å². The van der Waals surface area contributed by atoms with E-state index in [2.05, 4.69) is 11.9 Å². The lowest BCUT2D eigenvalue weighted by atomic mass is 9.97. The Labute approximate surface area is 96.7 Å². The Hall–Kier alpha value is -1.32. The molecule has 0 bridgehead atoms. The van der Waals surface area contributed by atoms with Gasteiger partial charge in [-0.2, -0.15) is 0 Å². The second-order valence-electron chi connectivity index (χ2n) is 4.35. The van der Waals surface area contributed by atoms with Crippen LogP contribution >= 0.6 is 0 Å². The molecule has 1 unspecified atom stereocenters. The van der Waals surface area contributed by atoms with Crippen LogP contribution in [0.1, 0.15) is 33.1 Å². The quantitative estimate of drug-likeness (QED) is 0.726. The molecule has 1 heterocycles. The molecule has 0 spiro atoms. The number of nitrogens with zero attached hydrogens (tertiary/aromatic N) is 1. The predicted molar refractivity (Wildman–Crippen MR) is 62.8 cm³/mol. The Morgan fingerprint density at radius 1 is 1.56 bits per heavy atom. The van der Waals surface area contributed by atoms with E-state index < -0.39 is 5.54 Å². The molecule has 16 heavy (non-hydrogen) atoms. The standard InChI is InChI=1S/C12H20N2O2/c1-4-6-8-14-9-7-10(15)13-12(3,5-2)11(14)16/h4H,1,5-9H2,2-3H3,(H,13,15). The van der Waals surface area contributed by atoms with Crippen LogP contribution < -0.4 is 5.32 Å². The van der Waals surface area contributed by atoms with Crippen molar-refractivity contribution in [2.45, 2.75) is 38.6 Å². The fraction of sp³-hybridized carbons (Fsp3) is 0.667. The van der Waals surface area contributed by atoms with Gasteiger partial charge in [0.05, 0.1) is 0 Å². The molecular formula is C12H20N2O2. The van der Waals surface area contributed by atoms with Crippen molar-refractivity contribution in [3.63, 3.8) is 0 Å². The highest BCUT2D eigenvalue weighted by atomic mass is 16.2. The molecule has 4 heteroatoms. The molecule has 4 nitrogen and oxygen atoms in total. The van der Waals surface area contributed by atoms with Crippen LogP contribution in [0.2, 0.25) is 0 Å². The number of hydrogen-bond donors (Lipinski definition) is 1. The molecule has 0 aliphatic carbocycles. The second-order valence-corrected chi connectivity index (χ2v) is 4.35. The first-order chi connectivity index (χ1) is 7.53. The SMILES string of the molecule is C=CCCN1CCC(=O)NC(C)(CC)C1=O. The van der Waals surface area contributed by atoms with Crippen molar-refractivity contribution in [3.8, 4) is 0 Å². The van der Waals surface area contributed by atoms with Gasteiger partial charge in [-0.15, -0.1) is 6.58 Å². The summed E-state index contributed by atoms with van der Waals surface area (Å²) >= 11 is 0. The van der Waals surface area contributed by atoms with E-state index >= 15 is 0 Å². The molecule has 0 aromatic carbocycles. The van der Waals surface area contributed by atoms with Crippen molar-refractivity contribution in [2.24, 2.45) is 0 Å². The van der Waals surface area contributed by atoms with E-state index in [9.17, 15) is 9.59 Å². The topological polar surface area (TPSA) is 49.4 Å². The lowest BCUT2D eigenvalue weighted by Crippen LogP contribution is -2.54. The molecular weight excluding hydrogens is 204 g/mol. The van der Waals surface area contributed by atoms with E-state index in [-0.39, 0.29) is 11.8 Å². The fourth-order valence-electron chi connectivity index (χ4n) is 1.81. The molecule has 1 aliphatic rings. The van der Waals surface area contributed by atoms with Gasteiger partial charge < -0.3 is 10.2 Å². The van der Waals surface area contributed by atoms with E-state index in [4.69, 9.17) is 0 Å². The maximum atomic E-state index is 12.2. The van der Waals surface area contributed by atoms with Gasteiger partial charge in [0.25, 0.3) is 0 Å². The van der Waals surface area contributed by atoms with E-state index in [1.54, 1.807) is 17.9 Å². The minimum atomic E-state index is -0.741. The molecule has 1 rings (SSSR count). The maximum absolute atomic E-state index is 12.2. The van der Waals surface area contributed by atoms with Crippen LogP contribution in [-0.2, 0) is 9.59 Å². The Morgan fingerprint density at radius 2 is 2.25 bits per heavy atom. The van der Waals surface area contributed by atoms with Crippen LogP contribution in [0.4, 0.5) is 0 Å². The third kappa shape index (κ3) is 2.62. The Bertz CT molecular complexity index is 301. The van der Waals surface area contributed by atoms with E-state index in [0.29, 0.717) is 25.9 Å². The van der Waals surface area contributed by atoms with Gasteiger partial charge in [0.1, 0.15) is 5.54 Å². The number of amides is 2. The van der Waals surface area contributed by atoms with Crippen LogP contribution in [-0.4, -0.2) is 35.3 Å². The summed E-state index contributed by atoms with van der Waals surface area (Å²) in [6.45, 7) is 8.50. The summed E-state index contributed by atoms with van der Waals surface area (Å²) in [5.74, 6) is -0.0264. The van der Waals surface area contributed by atoms with Gasteiger partial charge in [0.2, 0.25) is 11.8 Å². The minimum Gasteiger partial charge on any atom is -0.342 e. The first-order valence-corrected chi connectivity index (χ1v) is 5.75. The van der Waals surface area contributed by atoms with Crippen molar-refractivity contribution >= 4 is 11.8 Å². The largest absolute Gasteiger partial charge is 0.342 e. The predicted octanol–water partition coefficient (Wildman–Crippen LogP) is 1.08. The van der Waals surface area contributed by atoms with Crippen molar-refractivity contribution in [1.29, 1.82) is 0 Å². The molecule has 0 aromatic heterocycles. The number of carbonyl (C=O) groups is 2. The van der Waals surface area contributed by atoms with Gasteiger partial charge in [-0.25, -0.2) is 0 Å². The summed E-state index contributed by atoms with van der Waals surface area (Å²) in [4.78, 5) is 25.5. The number of nitrogens with one attached hydrogen (secondary N) is 1. The lowest BCUT2D eigenvalue weighted by Gasteiger charge is -2.31. The fourth-order valence-corrected chi connectivity index (χ4v) is 1.81. The molecule has 1 atom stereocenters. The van der Waals surface area contributed by atoms with Gasteiger partial charge >= 0.3 is 0 Å².